The summed E-state index contributed by atoms with van der Waals surface area (Å²) in [6.45, 7) is -1.17. The van der Waals surface area contributed by atoms with Gasteiger partial charge in [0.2, 0.25) is 0 Å². The van der Waals surface area contributed by atoms with Gasteiger partial charge in [-0.25, -0.2) is 0 Å². The van der Waals surface area contributed by atoms with Crippen molar-refractivity contribution < 1.29 is 50.0 Å². The summed E-state index contributed by atoms with van der Waals surface area (Å²) in [5.74, 6) is 0. The Morgan fingerprint density at radius 3 is 1.83 bits per heavy atom. The molecule has 10 nitrogen and oxygen atoms in total. The van der Waals surface area contributed by atoms with E-state index in [1.54, 1.807) is 0 Å². The van der Waals surface area contributed by atoms with E-state index in [1.807, 2.05) is 0 Å². The van der Waals surface area contributed by atoms with Gasteiger partial charge in [0.1, 0.15) is 54.3 Å². The van der Waals surface area contributed by atoms with Gasteiger partial charge in [0.05, 0.1) is 13.2 Å². The molecule has 2 saturated heterocycles. The first-order valence-electron chi connectivity index (χ1n) is 7.08. The molecule has 0 radical (unpaired) electrons. The van der Waals surface area contributed by atoms with Crippen LogP contribution in [0.3, 0.4) is 0 Å². The predicted molar refractivity (Wildman–Crippen MR) is 75.4 cm³/mol. The molecule has 2 fully saturated rings. The maximum atomic E-state index is 10.1. The third-order valence-corrected chi connectivity index (χ3v) is 4.40. The summed E-state index contributed by atoms with van der Waals surface area (Å²) in [7, 11) is 0. The summed E-state index contributed by atoms with van der Waals surface area (Å²) in [5.41, 5.74) is -1.06. The third-order valence-electron chi connectivity index (χ3n) is 3.98. The molecule has 2 aliphatic heterocycles. The van der Waals surface area contributed by atoms with E-state index in [0.717, 1.165) is 0 Å². The fourth-order valence-corrected chi connectivity index (χ4v) is 2.96. The summed E-state index contributed by atoms with van der Waals surface area (Å²) in [6, 6.07) is 0. The number of rotatable bonds is 4. The first-order chi connectivity index (χ1) is 10.8. The van der Waals surface area contributed by atoms with Crippen LogP contribution in [0.2, 0.25) is 0 Å². The average Bonchev–Trinajstić information content (AvgIpc) is 2.54. The molecule has 10 unspecified atom stereocenters. The lowest BCUT2D eigenvalue weighted by Crippen LogP contribution is -2.63. The lowest BCUT2D eigenvalue weighted by Gasteiger charge is -2.45. The van der Waals surface area contributed by atoms with E-state index in [9.17, 15) is 25.5 Å². The second-order valence-corrected chi connectivity index (χ2v) is 6.04. The van der Waals surface area contributed by atoms with Crippen molar-refractivity contribution in [1.29, 1.82) is 0 Å². The highest BCUT2D eigenvalue weighted by molar-refractivity contribution is 7.80. The zero-order valence-electron chi connectivity index (χ0n) is 12.0. The van der Waals surface area contributed by atoms with E-state index >= 15 is 0 Å². The molecule has 136 valence electrons. The Kier molecular flexibility index (Phi) is 6.61. The van der Waals surface area contributed by atoms with Gasteiger partial charge in [-0.1, -0.05) is 0 Å². The first kappa shape index (κ1) is 19.3. The van der Waals surface area contributed by atoms with Gasteiger partial charge in [-0.2, -0.15) is 0 Å². The van der Waals surface area contributed by atoms with Crippen LogP contribution >= 0.6 is 12.6 Å². The van der Waals surface area contributed by atoms with E-state index in [4.69, 9.17) is 24.4 Å². The highest BCUT2D eigenvalue weighted by atomic mass is 32.1. The average molecular weight is 358 g/mol. The predicted octanol–water partition coefficient (Wildman–Crippen LogP) is -4.46. The van der Waals surface area contributed by atoms with Gasteiger partial charge in [-0.05, 0) is 0 Å². The van der Waals surface area contributed by atoms with Crippen LogP contribution in [0.15, 0.2) is 0 Å². The van der Waals surface area contributed by atoms with Crippen LogP contribution in [-0.4, -0.2) is 110 Å². The van der Waals surface area contributed by atoms with Crippen LogP contribution in [0.1, 0.15) is 0 Å². The Hall–Kier alpha value is -0.0500. The number of hydrogen-bond donors (Lipinski definition) is 8. The molecule has 0 aromatic heterocycles. The summed E-state index contributed by atoms with van der Waals surface area (Å²) in [4.78, 5) is 0. The molecule has 0 aliphatic carbocycles. The van der Waals surface area contributed by atoms with Crippen molar-refractivity contribution >= 4 is 12.6 Å². The number of aliphatic hydroxyl groups is 7. The Balaban J connectivity index is 2.08. The second-order valence-electron chi connectivity index (χ2n) is 5.53. The zero-order valence-corrected chi connectivity index (χ0v) is 12.9. The highest BCUT2D eigenvalue weighted by Gasteiger charge is 2.49. The summed E-state index contributed by atoms with van der Waals surface area (Å²) in [5, 5.41) is 67.3. The molecule has 2 rings (SSSR count). The van der Waals surface area contributed by atoms with Crippen molar-refractivity contribution in [3.8, 4) is 0 Å². The van der Waals surface area contributed by atoms with Crippen molar-refractivity contribution in [3.63, 3.8) is 0 Å². The minimum atomic E-state index is -1.66. The van der Waals surface area contributed by atoms with Gasteiger partial charge in [0.15, 0.2) is 6.29 Å². The monoisotopic (exact) mass is 358 g/mol. The SMILES string of the molecule is OCC1OC(OC2C(S)OC(CO)C(O)C2O)C(O)C(O)C1O. The van der Waals surface area contributed by atoms with Crippen molar-refractivity contribution in [2.75, 3.05) is 13.2 Å². The van der Waals surface area contributed by atoms with Crippen LogP contribution in [0.4, 0.5) is 0 Å². The highest BCUT2D eigenvalue weighted by Crippen LogP contribution is 2.30. The molecule has 0 amide bonds. The Morgan fingerprint density at radius 2 is 1.26 bits per heavy atom. The molecular weight excluding hydrogens is 336 g/mol. The maximum Gasteiger partial charge on any atom is 0.187 e. The Labute approximate surface area is 137 Å². The molecule has 11 heteroatoms. The van der Waals surface area contributed by atoms with Gasteiger partial charge in [0, 0.05) is 0 Å². The third kappa shape index (κ3) is 3.80. The molecule has 23 heavy (non-hydrogen) atoms. The molecule has 0 bridgehead atoms. The molecule has 0 aromatic carbocycles. The molecule has 0 aromatic rings. The lowest BCUT2D eigenvalue weighted by molar-refractivity contribution is -0.334. The maximum absolute atomic E-state index is 10.1. The number of ether oxygens (including phenoxy) is 3. The van der Waals surface area contributed by atoms with E-state index < -0.39 is 73.8 Å². The van der Waals surface area contributed by atoms with Gasteiger partial charge in [-0.3, -0.25) is 0 Å². The summed E-state index contributed by atoms with van der Waals surface area (Å²) in [6.07, 6.45) is -12.8. The van der Waals surface area contributed by atoms with Gasteiger partial charge >= 0.3 is 0 Å². The molecular formula is C12H22O10S. The van der Waals surface area contributed by atoms with Crippen LogP contribution in [0.5, 0.6) is 0 Å². The van der Waals surface area contributed by atoms with Gasteiger partial charge < -0.3 is 50.0 Å². The van der Waals surface area contributed by atoms with Crippen LogP contribution < -0.4 is 0 Å². The van der Waals surface area contributed by atoms with Gasteiger partial charge in [0.25, 0.3) is 0 Å². The first-order valence-corrected chi connectivity index (χ1v) is 7.60. The summed E-state index contributed by atoms with van der Waals surface area (Å²) >= 11 is 4.06. The zero-order chi connectivity index (χ0) is 17.3. The largest absolute Gasteiger partial charge is 0.394 e. The Morgan fingerprint density at radius 1 is 0.739 bits per heavy atom. The minimum Gasteiger partial charge on any atom is -0.394 e. The van der Waals surface area contributed by atoms with Crippen LogP contribution in [0, 0.1) is 0 Å². The van der Waals surface area contributed by atoms with E-state index in [1.165, 1.54) is 0 Å². The normalized spacial score (nSPS) is 51.7. The van der Waals surface area contributed by atoms with Crippen molar-refractivity contribution in [2.24, 2.45) is 0 Å². The van der Waals surface area contributed by atoms with E-state index in [2.05, 4.69) is 12.6 Å². The van der Waals surface area contributed by atoms with Crippen LogP contribution in [-0.2, 0) is 14.2 Å². The fourth-order valence-electron chi connectivity index (χ4n) is 2.55. The molecule has 0 spiro atoms. The van der Waals surface area contributed by atoms with E-state index in [-0.39, 0.29) is 0 Å². The number of thiol groups is 1. The fraction of sp³-hybridized carbons (Fsp3) is 1.00. The van der Waals surface area contributed by atoms with Crippen molar-refractivity contribution in [2.45, 2.75) is 60.6 Å². The lowest BCUT2D eigenvalue weighted by atomic mass is 9.98. The molecule has 2 aliphatic rings. The van der Waals surface area contributed by atoms with Crippen molar-refractivity contribution in [1.82, 2.24) is 0 Å². The smallest absolute Gasteiger partial charge is 0.187 e. The standard InChI is InChI=1S/C12H22O10S/c13-1-3-5(15)7(17)9(19)11(20-3)22-10-8(18)6(16)4(2-14)21-12(10)23/h3-19,23H,1-2H2. The van der Waals surface area contributed by atoms with E-state index in [0.29, 0.717) is 0 Å². The quantitative estimate of drug-likeness (QED) is 0.229. The molecule has 2 heterocycles. The molecule has 10 atom stereocenters. The molecule has 0 saturated carbocycles. The minimum absolute atomic E-state index is 0.540. The summed E-state index contributed by atoms with van der Waals surface area (Å²) < 4.78 is 15.7. The Bertz CT molecular complexity index is 385. The van der Waals surface area contributed by atoms with Gasteiger partial charge in [-0.15, -0.1) is 12.6 Å². The second kappa shape index (κ2) is 7.89. The number of hydrogen-bond acceptors (Lipinski definition) is 11. The van der Waals surface area contributed by atoms with Crippen LogP contribution in [0.25, 0.3) is 0 Å². The molecule has 7 N–H and O–H groups in total. The number of aliphatic hydroxyl groups excluding tert-OH is 7. The topological polar surface area (TPSA) is 169 Å². The van der Waals surface area contributed by atoms with Crippen molar-refractivity contribution in [3.05, 3.63) is 0 Å².